The van der Waals surface area contributed by atoms with Crippen LogP contribution in [0.2, 0.25) is 0 Å². The van der Waals surface area contributed by atoms with E-state index in [4.69, 9.17) is 5.73 Å². The number of thiazole rings is 1. The number of hydrogen-bond acceptors (Lipinski definition) is 5. The first-order valence-corrected chi connectivity index (χ1v) is 10.1. The molecule has 8 heteroatoms. The van der Waals surface area contributed by atoms with E-state index in [9.17, 15) is 14.0 Å². The number of nitrogens with two attached hydrogens (primary N) is 1. The van der Waals surface area contributed by atoms with Crippen molar-refractivity contribution in [2.24, 2.45) is 5.73 Å². The van der Waals surface area contributed by atoms with Crippen molar-refractivity contribution < 1.29 is 14.0 Å². The summed E-state index contributed by atoms with van der Waals surface area (Å²) in [6.45, 7) is 1.73. The first-order chi connectivity index (χ1) is 14.0. The van der Waals surface area contributed by atoms with Crippen molar-refractivity contribution >= 4 is 23.2 Å². The van der Waals surface area contributed by atoms with Crippen LogP contribution >= 0.6 is 11.3 Å². The normalized spacial score (nSPS) is 16.3. The number of carbonyl (C=O) groups excluding carboxylic acids is 2. The molecule has 2 heterocycles. The second kappa shape index (κ2) is 7.71. The highest BCUT2D eigenvalue weighted by Crippen LogP contribution is 2.42. The fourth-order valence-corrected chi connectivity index (χ4v) is 4.70. The number of hydrogen-bond donors (Lipinski definition) is 1. The molecule has 29 heavy (non-hydrogen) atoms. The standard InChI is InChI=1S/C21H19FN4O2S/c1-12-19(29-11-25-12)21(28)26(18(20(23)27)14-5-3-9-24-10-14)16-8-7-13-4-2-6-15(22)17(13)16/h2-6,9-11,16,18H,7-8H2,1H3,(H2,23,27)/t16-,18?/m1/s1. The molecule has 0 spiro atoms. The number of rotatable bonds is 5. The number of pyridine rings is 1. The number of aryl methyl sites for hydroxylation is 2. The SMILES string of the molecule is Cc1ncsc1C(=O)N(C(C(N)=O)c1cccnc1)[C@@H]1CCc2cccc(F)c21. The maximum atomic E-state index is 14.8. The second-order valence-electron chi connectivity index (χ2n) is 6.94. The zero-order valence-electron chi connectivity index (χ0n) is 15.7. The number of nitrogens with zero attached hydrogens (tertiary/aromatic N) is 3. The van der Waals surface area contributed by atoms with Crippen LogP contribution < -0.4 is 5.73 Å². The van der Waals surface area contributed by atoms with E-state index in [1.165, 1.54) is 28.5 Å². The highest BCUT2D eigenvalue weighted by molar-refractivity contribution is 7.11. The van der Waals surface area contributed by atoms with Crippen molar-refractivity contribution in [1.29, 1.82) is 0 Å². The van der Waals surface area contributed by atoms with Crippen LogP contribution in [0.1, 0.15) is 50.6 Å². The van der Waals surface area contributed by atoms with Crippen LogP contribution in [0, 0.1) is 12.7 Å². The molecule has 4 rings (SSSR count). The van der Waals surface area contributed by atoms with Crippen molar-refractivity contribution in [1.82, 2.24) is 14.9 Å². The van der Waals surface area contributed by atoms with Crippen molar-refractivity contribution in [3.05, 3.63) is 81.3 Å². The van der Waals surface area contributed by atoms with Gasteiger partial charge in [-0.25, -0.2) is 9.37 Å². The van der Waals surface area contributed by atoms with Crippen molar-refractivity contribution in [2.75, 3.05) is 0 Å². The van der Waals surface area contributed by atoms with E-state index in [0.29, 0.717) is 34.5 Å². The van der Waals surface area contributed by atoms with Crippen LogP contribution in [0.4, 0.5) is 4.39 Å². The predicted molar refractivity (Wildman–Crippen MR) is 107 cm³/mol. The molecule has 3 aromatic rings. The van der Waals surface area contributed by atoms with Gasteiger partial charge in [0.15, 0.2) is 0 Å². The smallest absolute Gasteiger partial charge is 0.267 e. The highest BCUT2D eigenvalue weighted by atomic mass is 32.1. The summed E-state index contributed by atoms with van der Waals surface area (Å²) in [5.74, 6) is -1.48. The Hall–Kier alpha value is -3.13. The molecule has 1 aliphatic carbocycles. The lowest BCUT2D eigenvalue weighted by atomic mass is 9.99. The average Bonchev–Trinajstić information content (AvgIpc) is 3.33. The van der Waals surface area contributed by atoms with E-state index >= 15 is 0 Å². The van der Waals surface area contributed by atoms with Gasteiger partial charge in [0.25, 0.3) is 5.91 Å². The molecule has 1 unspecified atom stereocenters. The third kappa shape index (κ3) is 3.40. The van der Waals surface area contributed by atoms with Gasteiger partial charge < -0.3 is 10.6 Å². The fourth-order valence-electron chi connectivity index (χ4n) is 3.95. The Morgan fingerprint density at radius 2 is 2.14 bits per heavy atom. The van der Waals surface area contributed by atoms with Crippen LogP contribution in [-0.2, 0) is 11.2 Å². The Kier molecular flexibility index (Phi) is 5.10. The summed E-state index contributed by atoms with van der Waals surface area (Å²) in [6.07, 6.45) is 4.20. The molecular formula is C21H19FN4O2S. The van der Waals surface area contributed by atoms with Gasteiger partial charge in [0.05, 0.1) is 17.2 Å². The molecule has 1 aliphatic rings. The summed E-state index contributed by atoms with van der Waals surface area (Å²) in [5.41, 5.74) is 9.66. The Balaban J connectivity index is 1.88. The summed E-state index contributed by atoms with van der Waals surface area (Å²) >= 11 is 1.19. The monoisotopic (exact) mass is 410 g/mol. The Labute approximate surface area is 171 Å². The van der Waals surface area contributed by atoms with Crippen molar-refractivity contribution in [3.8, 4) is 0 Å². The van der Waals surface area contributed by atoms with Gasteiger partial charge in [-0.05, 0) is 37.5 Å². The van der Waals surface area contributed by atoms with Crippen LogP contribution in [0.5, 0.6) is 0 Å². The summed E-state index contributed by atoms with van der Waals surface area (Å²) in [7, 11) is 0. The minimum Gasteiger partial charge on any atom is -0.368 e. The van der Waals surface area contributed by atoms with E-state index in [1.54, 1.807) is 36.8 Å². The summed E-state index contributed by atoms with van der Waals surface area (Å²) < 4.78 is 14.8. The molecule has 2 N–H and O–H groups in total. The molecule has 0 aliphatic heterocycles. The quantitative estimate of drug-likeness (QED) is 0.699. The van der Waals surface area contributed by atoms with E-state index in [-0.39, 0.29) is 0 Å². The molecule has 0 saturated heterocycles. The van der Waals surface area contributed by atoms with Gasteiger partial charge in [-0.3, -0.25) is 14.6 Å². The maximum absolute atomic E-state index is 14.8. The lowest BCUT2D eigenvalue weighted by Crippen LogP contribution is -2.43. The third-order valence-corrected chi connectivity index (χ3v) is 6.14. The predicted octanol–water partition coefficient (Wildman–Crippen LogP) is 3.34. The fraction of sp³-hybridized carbons (Fsp3) is 0.238. The molecule has 2 atom stereocenters. The number of primary amides is 1. The molecule has 2 aromatic heterocycles. The molecule has 6 nitrogen and oxygen atoms in total. The van der Waals surface area contributed by atoms with Gasteiger partial charge in [-0.1, -0.05) is 18.2 Å². The molecule has 0 fully saturated rings. The maximum Gasteiger partial charge on any atom is 0.267 e. The third-order valence-electron chi connectivity index (χ3n) is 5.22. The van der Waals surface area contributed by atoms with Gasteiger partial charge in [-0.2, -0.15) is 0 Å². The molecule has 1 aromatic carbocycles. The lowest BCUT2D eigenvalue weighted by molar-refractivity contribution is -0.123. The average molecular weight is 410 g/mol. The van der Waals surface area contributed by atoms with E-state index in [0.717, 1.165) is 5.56 Å². The Morgan fingerprint density at radius 3 is 2.79 bits per heavy atom. The van der Waals surface area contributed by atoms with Crippen LogP contribution in [0.3, 0.4) is 0 Å². The molecule has 0 bridgehead atoms. The minimum absolute atomic E-state index is 0.390. The number of benzene rings is 1. The minimum atomic E-state index is -1.08. The van der Waals surface area contributed by atoms with Crippen LogP contribution in [-0.4, -0.2) is 26.7 Å². The Bertz CT molecular complexity index is 1070. The van der Waals surface area contributed by atoms with Gasteiger partial charge in [0.1, 0.15) is 16.7 Å². The second-order valence-corrected chi connectivity index (χ2v) is 7.79. The molecule has 0 saturated carbocycles. The summed E-state index contributed by atoms with van der Waals surface area (Å²) in [4.78, 5) is 36.2. The highest BCUT2D eigenvalue weighted by Gasteiger charge is 2.41. The summed E-state index contributed by atoms with van der Waals surface area (Å²) in [6, 6.07) is 6.56. The van der Waals surface area contributed by atoms with Crippen molar-refractivity contribution in [2.45, 2.75) is 31.8 Å². The largest absolute Gasteiger partial charge is 0.368 e. The lowest BCUT2D eigenvalue weighted by Gasteiger charge is -2.35. The first-order valence-electron chi connectivity index (χ1n) is 9.18. The van der Waals surface area contributed by atoms with Gasteiger partial charge in [0.2, 0.25) is 5.91 Å². The van der Waals surface area contributed by atoms with E-state index in [1.807, 2.05) is 6.07 Å². The van der Waals surface area contributed by atoms with Gasteiger partial charge >= 0.3 is 0 Å². The van der Waals surface area contributed by atoms with Crippen LogP contribution in [0.25, 0.3) is 0 Å². The van der Waals surface area contributed by atoms with Gasteiger partial charge in [-0.15, -0.1) is 11.3 Å². The zero-order valence-corrected chi connectivity index (χ0v) is 16.5. The molecule has 0 radical (unpaired) electrons. The molecular weight excluding hydrogens is 391 g/mol. The first kappa shape index (κ1) is 19.2. The van der Waals surface area contributed by atoms with E-state index < -0.39 is 29.7 Å². The number of halogens is 1. The van der Waals surface area contributed by atoms with E-state index in [2.05, 4.69) is 9.97 Å². The topological polar surface area (TPSA) is 89.2 Å². The number of carbonyl (C=O) groups is 2. The van der Waals surface area contributed by atoms with Gasteiger partial charge in [0, 0.05) is 23.5 Å². The molecule has 148 valence electrons. The molecule has 2 amide bonds. The van der Waals surface area contributed by atoms with Crippen molar-refractivity contribution in [3.63, 3.8) is 0 Å². The summed E-state index contributed by atoms with van der Waals surface area (Å²) in [5, 5.41) is 0. The van der Waals surface area contributed by atoms with Crippen LogP contribution in [0.15, 0.2) is 48.2 Å². The number of aromatic nitrogens is 2. The number of fused-ring (bicyclic) bond motifs is 1. The number of amides is 2. The Morgan fingerprint density at radius 1 is 1.31 bits per heavy atom. The zero-order chi connectivity index (χ0) is 20.5.